The van der Waals surface area contributed by atoms with Gasteiger partial charge in [-0.1, -0.05) is 91.0 Å². The highest BCUT2D eigenvalue weighted by molar-refractivity contribution is 6.98. The zero-order chi connectivity index (χ0) is 35.3. The number of rotatable bonds is 6. The van der Waals surface area contributed by atoms with Crippen LogP contribution in [0.1, 0.15) is 0 Å². The third-order valence-corrected chi connectivity index (χ3v) is 7.96. The minimum absolute atomic E-state index is 0.507. The van der Waals surface area contributed by atoms with Crippen molar-refractivity contribution in [2.75, 3.05) is 0 Å². The van der Waals surface area contributed by atoms with Crippen LogP contribution in [-0.2, 0) is 0 Å². The van der Waals surface area contributed by atoms with E-state index in [2.05, 4.69) is 0 Å². The first kappa shape index (κ1) is 33.4. The highest BCUT2D eigenvalue weighted by Gasteiger charge is 2.44. The summed E-state index contributed by atoms with van der Waals surface area (Å²) in [6, 6.07) is 17.3. The fourth-order valence-corrected chi connectivity index (χ4v) is 5.85. The van der Waals surface area contributed by atoms with E-state index in [4.69, 9.17) is 0 Å². The minimum Gasteiger partial charge on any atom is -0.204 e. The molecular formula is C36H15BF12. The highest BCUT2D eigenvalue weighted by atomic mass is 19.2. The molecule has 0 nitrogen and oxygen atoms in total. The molecular weight excluding hydrogens is 671 g/mol. The van der Waals surface area contributed by atoms with Crippen LogP contribution < -0.4 is 16.4 Å². The largest absolute Gasteiger partial charge is 0.255 e. The molecule has 0 aromatic heterocycles. The molecule has 13 heteroatoms. The van der Waals surface area contributed by atoms with Gasteiger partial charge in [0, 0.05) is 16.7 Å². The highest BCUT2D eigenvalue weighted by Crippen LogP contribution is 2.34. The van der Waals surface area contributed by atoms with Crippen LogP contribution >= 0.6 is 0 Å². The van der Waals surface area contributed by atoms with E-state index in [1.54, 1.807) is 0 Å². The fourth-order valence-electron chi connectivity index (χ4n) is 5.85. The molecule has 0 aliphatic rings. The van der Waals surface area contributed by atoms with E-state index in [0.29, 0.717) is 0 Å². The van der Waals surface area contributed by atoms with Crippen LogP contribution in [0.5, 0.6) is 0 Å². The van der Waals surface area contributed by atoms with Gasteiger partial charge in [0.15, 0.2) is 69.8 Å². The van der Waals surface area contributed by atoms with Crippen molar-refractivity contribution >= 4 is 23.1 Å². The lowest BCUT2D eigenvalue weighted by atomic mass is 9.33. The second-order valence-corrected chi connectivity index (χ2v) is 10.7. The van der Waals surface area contributed by atoms with Crippen molar-refractivity contribution in [2.45, 2.75) is 0 Å². The van der Waals surface area contributed by atoms with Crippen LogP contribution in [0, 0.1) is 69.8 Å². The molecule has 0 fully saturated rings. The van der Waals surface area contributed by atoms with E-state index in [0.717, 1.165) is 36.4 Å². The lowest BCUT2D eigenvalue weighted by molar-refractivity contribution is 0.412. The molecule has 0 aliphatic carbocycles. The smallest absolute Gasteiger partial charge is 0.204 e. The second kappa shape index (κ2) is 12.9. The molecule has 6 aromatic carbocycles. The lowest BCUT2D eigenvalue weighted by Crippen LogP contribution is -2.59. The Morgan fingerprint density at radius 2 is 0.449 bits per heavy atom. The number of benzene rings is 6. The van der Waals surface area contributed by atoms with E-state index in [1.165, 1.54) is 54.6 Å². The summed E-state index contributed by atoms with van der Waals surface area (Å²) in [6.45, 7) is -3.08. The van der Waals surface area contributed by atoms with Crippen LogP contribution in [0.4, 0.5) is 52.7 Å². The Balaban J connectivity index is 1.96. The zero-order valence-electron chi connectivity index (χ0n) is 24.3. The Labute approximate surface area is 270 Å². The molecule has 0 N–H and O–H groups in total. The average molecular weight is 686 g/mol. The van der Waals surface area contributed by atoms with Crippen molar-refractivity contribution in [3.63, 3.8) is 0 Å². The van der Waals surface area contributed by atoms with Crippen LogP contribution in [0.25, 0.3) is 33.4 Å². The summed E-state index contributed by atoms with van der Waals surface area (Å²) in [4.78, 5) is 0. The molecule has 0 bridgehead atoms. The van der Waals surface area contributed by atoms with Crippen molar-refractivity contribution in [1.29, 1.82) is 0 Å². The van der Waals surface area contributed by atoms with Gasteiger partial charge in [0.1, 0.15) is 0 Å². The summed E-state index contributed by atoms with van der Waals surface area (Å²) in [5, 5.41) is 0. The number of hydrogen-bond donors (Lipinski definition) is 0. The number of hydrogen-bond acceptors (Lipinski definition) is 0. The summed E-state index contributed by atoms with van der Waals surface area (Å²) >= 11 is 0. The molecule has 6 rings (SSSR count). The van der Waals surface area contributed by atoms with Gasteiger partial charge in [-0.15, -0.1) is 0 Å². The molecule has 0 radical (unpaired) electrons. The van der Waals surface area contributed by atoms with Crippen LogP contribution in [-0.4, -0.2) is 6.71 Å². The first-order valence-electron chi connectivity index (χ1n) is 14.1. The van der Waals surface area contributed by atoms with Gasteiger partial charge >= 0.3 is 0 Å². The predicted octanol–water partition coefficient (Wildman–Crippen LogP) is 8.87. The Morgan fingerprint density at radius 1 is 0.245 bits per heavy atom. The Hall–Kier alpha value is -5.46. The average Bonchev–Trinajstić information content (AvgIpc) is 3.12. The van der Waals surface area contributed by atoms with Crippen LogP contribution in [0.3, 0.4) is 0 Å². The molecule has 246 valence electrons. The first-order chi connectivity index (χ1) is 23.4. The van der Waals surface area contributed by atoms with E-state index < -0.39 is 126 Å². The van der Waals surface area contributed by atoms with Crippen molar-refractivity contribution < 1.29 is 52.7 Å². The molecule has 0 saturated carbocycles. The van der Waals surface area contributed by atoms with Crippen molar-refractivity contribution in [3.05, 3.63) is 161 Å². The molecule has 0 spiro atoms. The minimum atomic E-state index is -3.08. The quantitative estimate of drug-likeness (QED) is 0.0711. The Bertz CT molecular complexity index is 1990. The SMILES string of the molecule is Fc1c(F)c(F)c(-c2ccccc2)c(B(c2c(F)c(F)c(F)c(F)c2-c2ccccc2)c2c(F)c(F)c(F)c(F)c2-c2ccccc2)c1F. The maximum Gasteiger partial charge on any atom is 0.255 e. The van der Waals surface area contributed by atoms with Gasteiger partial charge in [-0.2, -0.15) is 0 Å². The van der Waals surface area contributed by atoms with Crippen LogP contribution in [0.2, 0.25) is 0 Å². The fraction of sp³-hybridized carbons (Fsp3) is 0. The molecule has 0 heterocycles. The maximum absolute atomic E-state index is 16.4. The molecule has 6 aromatic rings. The third-order valence-electron chi connectivity index (χ3n) is 7.96. The normalized spacial score (nSPS) is 11.3. The van der Waals surface area contributed by atoms with Crippen molar-refractivity contribution in [2.24, 2.45) is 0 Å². The van der Waals surface area contributed by atoms with Gasteiger partial charge in [0.2, 0.25) is 0 Å². The van der Waals surface area contributed by atoms with Gasteiger partial charge in [-0.3, -0.25) is 0 Å². The molecule has 0 aliphatic heterocycles. The van der Waals surface area contributed by atoms with Crippen molar-refractivity contribution in [3.8, 4) is 33.4 Å². The van der Waals surface area contributed by atoms with Gasteiger partial charge in [-0.05, 0) is 33.1 Å². The summed E-state index contributed by atoms with van der Waals surface area (Å²) in [5.74, 6) is -28.8. The van der Waals surface area contributed by atoms with E-state index in [1.807, 2.05) is 0 Å². The van der Waals surface area contributed by atoms with E-state index in [-0.39, 0.29) is 0 Å². The van der Waals surface area contributed by atoms with Gasteiger partial charge in [-0.25, -0.2) is 52.7 Å². The topological polar surface area (TPSA) is 0 Å². The molecule has 0 atom stereocenters. The summed E-state index contributed by atoms with van der Waals surface area (Å²) in [5.41, 5.74) is -10.3. The Kier molecular flexibility index (Phi) is 8.78. The monoisotopic (exact) mass is 686 g/mol. The van der Waals surface area contributed by atoms with Gasteiger partial charge < -0.3 is 0 Å². The zero-order valence-corrected chi connectivity index (χ0v) is 24.3. The second-order valence-electron chi connectivity index (χ2n) is 10.7. The molecule has 0 unspecified atom stereocenters. The summed E-state index contributed by atoms with van der Waals surface area (Å²) in [7, 11) is 0. The van der Waals surface area contributed by atoms with Gasteiger partial charge in [0.25, 0.3) is 6.71 Å². The Morgan fingerprint density at radius 3 is 0.673 bits per heavy atom. The molecule has 0 saturated heterocycles. The van der Waals surface area contributed by atoms with Crippen molar-refractivity contribution in [1.82, 2.24) is 0 Å². The van der Waals surface area contributed by atoms with E-state index >= 15 is 39.5 Å². The predicted molar refractivity (Wildman–Crippen MR) is 160 cm³/mol. The summed E-state index contributed by atoms with van der Waals surface area (Å²) < 4.78 is 187. The standard InChI is InChI=1S/C36H15BF12/c38-25-19(16-10-4-1-5-11-16)22(28(41)34(47)31(25)44)37(23-20(17-12-6-2-7-13-17)26(39)32(45)35(48)29(23)42)24-21(18-14-8-3-9-15-18)27(40)33(46)36(49)30(24)43/h1-15H. The lowest BCUT2D eigenvalue weighted by Gasteiger charge is -2.27. The van der Waals surface area contributed by atoms with E-state index in [9.17, 15) is 13.2 Å². The molecule has 49 heavy (non-hydrogen) atoms. The molecule has 0 amide bonds. The van der Waals surface area contributed by atoms with Gasteiger partial charge in [0.05, 0.1) is 0 Å². The first-order valence-corrected chi connectivity index (χ1v) is 14.1. The summed E-state index contributed by atoms with van der Waals surface area (Å²) in [6.07, 6.45) is 0. The number of halogens is 12. The third kappa shape index (κ3) is 5.33. The van der Waals surface area contributed by atoms with Crippen LogP contribution in [0.15, 0.2) is 91.0 Å². The maximum atomic E-state index is 16.4.